The van der Waals surface area contributed by atoms with E-state index < -0.39 is 24.3 Å². The molecule has 0 unspecified atom stereocenters. The lowest BCUT2D eigenvalue weighted by Crippen LogP contribution is -2.55. The van der Waals surface area contributed by atoms with Crippen molar-refractivity contribution in [2.45, 2.75) is 24.3 Å². The van der Waals surface area contributed by atoms with Gasteiger partial charge in [0.05, 0.1) is 17.7 Å². The van der Waals surface area contributed by atoms with Crippen molar-refractivity contribution in [1.82, 2.24) is 0 Å². The Balaban J connectivity index is 2.45. The van der Waals surface area contributed by atoms with Crippen LogP contribution < -0.4 is 10.5 Å². The van der Waals surface area contributed by atoms with E-state index in [1.807, 2.05) is 0 Å². The minimum absolute atomic E-state index is 0.273. The van der Waals surface area contributed by atoms with Crippen LogP contribution in [0.25, 0.3) is 0 Å². The minimum Gasteiger partial charge on any atom is -0.495 e. The first-order chi connectivity index (χ1) is 7.77. The van der Waals surface area contributed by atoms with Gasteiger partial charge < -0.3 is 10.5 Å². The normalized spacial score (nSPS) is 20.8. The van der Waals surface area contributed by atoms with Gasteiger partial charge in [-0.15, -0.1) is 0 Å². The molecule has 1 aromatic carbocycles. The molecule has 1 fully saturated rings. The second-order valence-corrected chi connectivity index (χ2v) is 5.18. The van der Waals surface area contributed by atoms with E-state index in [-0.39, 0.29) is 5.02 Å². The molecule has 94 valence electrons. The fourth-order valence-corrected chi connectivity index (χ4v) is 2.77. The quantitative estimate of drug-likeness (QED) is 0.899. The minimum atomic E-state index is -2.73. The van der Waals surface area contributed by atoms with Gasteiger partial charge in [-0.1, -0.05) is 23.2 Å². The molecule has 0 heterocycles. The summed E-state index contributed by atoms with van der Waals surface area (Å²) in [5.41, 5.74) is 5.25. The molecule has 0 bridgehead atoms. The molecular formula is C11H11Cl2F2NO. The van der Waals surface area contributed by atoms with Gasteiger partial charge in [-0.3, -0.25) is 0 Å². The number of hydrogen-bond donors (Lipinski definition) is 1. The number of halogens is 4. The van der Waals surface area contributed by atoms with Crippen molar-refractivity contribution in [2.75, 3.05) is 7.11 Å². The van der Waals surface area contributed by atoms with Gasteiger partial charge in [0, 0.05) is 23.4 Å². The Bertz CT molecular complexity index is 457. The van der Waals surface area contributed by atoms with Crippen LogP contribution in [0.5, 0.6) is 5.75 Å². The van der Waals surface area contributed by atoms with Gasteiger partial charge in [0.1, 0.15) is 5.75 Å². The van der Waals surface area contributed by atoms with Crippen molar-refractivity contribution in [3.05, 3.63) is 27.7 Å². The fourth-order valence-electron chi connectivity index (χ4n) is 2.20. The monoisotopic (exact) mass is 281 g/mol. The third-order valence-electron chi connectivity index (χ3n) is 2.90. The molecular weight excluding hydrogens is 271 g/mol. The van der Waals surface area contributed by atoms with Gasteiger partial charge in [0.25, 0.3) is 5.92 Å². The first kappa shape index (κ1) is 12.9. The van der Waals surface area contributed by atoms with Crippen LogP contribution in [0.15, 0.2) is 12.1 Å². The first-order valence-electron chi connectivity index (χ1n) is 4.98. The summed E-state index contributed by atoms with van der Waals surface area (Å²) in [7, 11) is 1.42. The Morgan fingerprint density at radius 2 is 1.88 bits per heavy atom. The smallest absolute Gasteiger partial charge is 0.252 e. The van der Waals surface area contributed by atoms with Crippen LogP contribution in [-0.2, 0) is 5.54 Å². The highest BCUT2D eigenvalue weighted by atomic mass is 35.5. The summed E-state index contributed by atoms with van der Waals surface area (Å²) in [6, 6.07) is 3.02. The summed E-state index contributed by atoms with van der Waals surface area (Å²) >= 11 is 11.8. The van der Waals surface area contributed by atoms with E-state index in [2.05, 4.69) is 0 Å². The van der Waals surface area contributed by atoms with Crippen LogP contribution >= 0.6 is 23.2 Å². The summed E-state index contributed by atoms with van der Waals surface area (Å²) in [5.74, 6) is -2.41. The molecule has 17 heavy (non-hydrogen) atoms. The lowest BCUT2D eigenvalue weighted by molar-refractivity contribution is -0.125. The van der Waals surface area contributed by atoms with E-state index >= 15 is 0 Å². The molecule has 1 aromatic rings. The predicted octanol–water partition coefficient (Wildman–Crippen LogP) is 3.59. The molecule has 0 aliphatic heterocycles. The molecule has 0 saturated heterocycles. The lowest BCUT2D eigenvalue weighted by Gasteiger charge is -2.45. The Hall–Kier alpha value is -0.580. The van der Waals surface area contributed by atoms with Crippen LogP contribution in [0.1, 0.15) is 18.4 Å². The van der Waals surface area contributed by atoms with Gasteiger partial charge in [-0.05, 0) is 12.1 Å². The Labute approximate surface area is 108 Å². The number of nitrogens with two attached hydrogens (primary N) is 1. The summed E-state index contributed by atoms with van der Waals surface area (Å²) in [6.07, 6.45) is -0.847. The summed E-state index contributed by atoms with van der Waals surface area (Å²) in [4.78, 5) is 0. The average molecular weight is 282 g/mol. The standard InChI is InChI=1S/C11H11Cl2F2NO/c1-17-9-7(2-6(12)3-8(9)13)10(16)4-11(14,15)5-10/h2-3H,4-5,16H2,1H3. The highest BCUT2D eigenvalue weighted by Crippen LogP contribution is 2.53. The van der Waals surface area contributed by atoms with E-state index in [1.165, 1.54) is 19.2 Å². The van der Waals surface area contributed by atoms with Gasteiger partial charge in [-0.2, -0.15) is 0 Å². The van der Waals surface area contributed by atoms with Crippen molar-refractivity contribution < 1.29 is 13.5 Å². The van der Waals surface area contributed by atoms with Crippen LogP contribution in [0, 0.1) is 0 Å². The maximum absolute atomic E-state index is 13.0. The number of methoxy groups -OCH3 is 1. The molecule has 1 aliphatic carbocycles. The number of ether oxygens (including phenoxy) is 1. The largest absolute Gasteiger partial charge is 0.495 e. The zero-order valence-corrected chi connectivity index (χ0v) is 10.6. The molecule has 2 rings (SSSR count). The molecule has 0 atom stereocenters. The van der Waals surface area contributed by atoms with Crippen molar-refractivity contribution in [1.29, 1.82) is 0 Å². The average Bonchev–Trinajstić information content (AvgIpc) is 2.13. The zero-order valence-electron chi connectivity index (χ0n) is 9.07. The molecule has 0 radical (unpaired) electrons. The topological polar surface area (TPSA) is 35.2 Å². The molecule has 1 aliphatic rings. The van der Waals surface area contributed by atoms with Crippen molar-refractivity contribution >= 4 is 23.2 Å². The summed E-state index contributed by atoms with van der Waals surface area (Å²) in [5, 5.41) is 0.626. The van der Waals surface area contributed by atoms with E-state index in [0.717, 1.165) is 0 Å². The second kappa shape index (κ2) is 3.97. The van der Waals surface area contributed by atoms with Crippen LogP contribution in [0.3, 0.4) is 0 Å². The van der Waals surface area contributed by atoms with Crippen molar-refractivity contribution in [3.63, 3.8) is 0 Å². The van der Waals surface area contributed by atoms with Gasteiger partial charge in [0.2, 0.25) is 0 Å². The van der Waals surface area contributed by atoms with E-state index in [1.54, 1.807) is 0 Å². The van der Waals surface area contributed by atoms with E-state index in [9.17, 15) is 8.78 Å². The summed E-state index contributed by atoms with van der Waals surface area (Å²) < 4.78 is 31.0. The maximum atomic E-state index is 13.0. The van der Waals surface area contributed by atoms with Crippen LogP contribution in [0.2, 0.25) is 10.0 Å². The first-order valence-corrected chi connectivity index (χ1v) is 5.73. The number of hydrogen-bond acceptors (Lipinski definition) is 2. The maximum Gasteiger partial charge on any atom is 0.252 e. The van der Waals surface area contributed by atoms with E-state index in [4.69, 9.17) is 33.7 Å². The van der Waals surface area contributed by atoms with Gasteiger partial charge in [0.15, 0.2) is 0 Å². The zero-order chi connectivity index (χ0) is 12.8. The molecule has 2 N–H and O–H groups in total. The molecule has 6 heteroatoms. The molecule has 0 amide bonds. The number of alkyl halides is 2. The van der Waals surface area contributed by atoms with Crippen molar-refractivity contribution in [2.24, 2.45) is 5.73 Å². The second-order valence-electron chi connectivity index (χ2n) is 4.33. The van der Waals surface area contributed by atoms with Crippen LogP contribution in [0.4, 0.5) is 8.78 Å². The Morgan fingerprint density at radius 1 is 1.29 bits per heavy atom. The Morgan fingerprint density at radius 3 is 2.35 bits per heavy atom. The Kier molecular flexibility index (Phi) is 3.00. The highest BCUT2D eigenvalue weighted by Gasteiger charge is 2.56. The van der Waals surface area contributed by atoms with Gasteiger partial charge >= 0.3 is 0 Å². The predicted molar refractivity (Wildman–Crippen MR) is 63.1 cm³/mol. The fraction of sp³-hybridized carbons (Fsp3) is 0.455. The van der Waals surface area contributed by atoms with Crippen molar-refractivity contribution in [3.8, 4) is 5.75 Å². The lowest BCUT2D eigenvalue weighted by atomic mass is 9.69. The third kappa shape index (κ3) is 2.21. The molecule has 2 nitrogen and oxygen atoms in total. The van der Waals surface area contributed by atoms with E-state index in [0.29, 0.717) is 16.3 Å². The number of rotatable bonds is 2. The summed E-state index contributed by atoms with van der Waals surface area (Å²) in [6.45, 7) is 0. The third-order valence-corrected chi connectivity index (χ3v) is 3.40. The highest BCUT2D eigenvalue weighted by molar-refractivity contribution is 6.35. The molecule has 1 saturated carbocycles. The molecule has 0 spiro atoms. The molecule has 0 aromatic heterocycles. The SMILES string of the molecule is COc1c(Cl)cc(Cl)cc1C1(N)CC(F)(F)C1. The van der Waals surface area contributed by atoms with Crippen LogP contribution in [-0.4, -0.2) is 13.0 Å². The van der Waals surface area contributed by atoms with Gasteiger partial charge in [-0.25, -0.2) is 8.78 Å². The number of benzene rings is 1.